The highest BCUT2D eigenvalue weighted by Crippen LogP contribution is 2.27. The molecule has 3 rings (SSSR count). The van der Waals surface area contributed by atoms with Crippen LogP contribution in [0.1, 0.15) is 0 Å². The number of nitrogens with zero attached hydrogens (tertiary/aromatic N) is 5. The molecule has 8 nitrogen and oxygen atoms in total. The average Bonchev–Trinajstić information content (AvgIpc) is 2.68. The first-order valence-corrected chi connectivity index (χ1v) is 5.68. The number of nitrogens with two attached hydrogens (primary N) is 1. The van der Waals surface area contributed by atoms with Crippen molar-refractivity contribution in [1.29, 1.82) is 0 Å². The van der Waals surface area contributed by atoms with Crippen molar-refractivity contribution in [2.24, 2.45) is 7.05 Å². The molecular weight excluding hydrogens is 236 g/mol. The number of fused-ring (bicyclic) bond motifs is 1. The maximum atomic E-state index is 9.86. The summed E-state index contributed by atoms with van der Waals surface area (Å²) in [6.07, 6.45) is 0. The van der Waals surface area contributed by atoms with Crippen LogP contribution in [0.2, 0.25) is 0 Å². The van der Waals surface area contributed by atoms with Gasteiger partial charge in [0.1, 0.15) is 0 Å². The summed E-state index contributed by atoms with van der Waals surface area (Å²) in [4.78, 5) is 10.5. The van der Waals surface area contributed by atoms with E-state index in [9.17, 15) is 5.11 Å². The van der Waals surface area contributed by atoms with E-state index in [4.69, 9.17) is 10.5 Å². The van der Waals surface area contributed by atoms with Gasteiger partial charge in [-0.1, -0.05) is 0 Å². The highest BCUT2D eigenvalue weighted by molar-refractivity contribution is 5.88. The van der Waals surface area contributed by atoms with Gasteiger partial charge in [0, 0.05) is 20.1 Å². The summed E-state index contributed by atoms with van der Waals surface area (Å²) < 4.78 is 6.60. The Morgan fingerprint density at radius 2 is 1.94 bits per heavy atom. The Labute approximate surface area is 103 Å². The molecule has 3 heterocycles. The van der Waals surface area contributed by atoms with Gasteiger partial charge in [0.05, 0.1) is 13.2 Å². The molecule has 0 unspecified atom stereocenters. The van der Waals surface area contributed by atoms with Crippen LogP contribution in [0.5, 0.6) is 5.88 Å². The van der Waals surface area contributed by atoms with E-state index in [1.54, 1.807) is 7.05 Å². The standard InChI is InChI=1S/C10H14N6O2/c1-15-9(17)7-6(14-15)8(11)13-10(12-7)16-2-4-18-5-3-16/h17H,2-5H2,1H3,(H2,11,12,13). The van der Waals surface area contributed by atoms with Crippen LogP contribution in [0.25, 0.3) is 11.0 Å². The first-order chi connectivity index (χ1) is 8.66. The number of ether oxygens (including phenoxy) is 1. The van der Waals surface area contributed by atoms with Crippen molar-refractivity contribution in [3.05, 3.63) is 0 Å². The van der Waals surface area contributed by atoms with Gasteiger partial charge in [-0.15, -0.1) is 0 Å². The van der Waals surface area contributed by atoms with E-state index >= 15 is 0 Å². The van der Waals surface area contributed by atoms with Crippen molar-refractivity contribution < 1.29 is 9.84 Å². The molecular formula is C10H14N6O2. The van der Waals surface area contributed by atoms with Crippen LogP contribution in [0.15, 0.2) is 0 Å². The predicted molar refractivity (Wildman–Crippen MR) is 65.4 cm³/mol. The second kappa shape index (κ2) is 3.98. The smallest absolute Gasteiger partial charge is 0.236 e. The second-order valence-electron chi connectivity index (χ2n) is 4.15. The summed E-state index contributed by atoms with van der Waals surface area (Å²) in [5.41, 5.74) is 6.65. The fourth-order valence-corrected chi connectivity index (χ4v) is 1.97. The molecule has 0 saturated carbocycles. The summed E-state index contributed by atoms with van der Waals surface area (Å²) >= 11 is 0. The van der Waals surface area contributed by atoms with Crippen LogP contribution in [0.4, 0.5) is 11.8 Å². The van der Waals surface area contributed by atoms with Gasteiger partial charge in [-0.25, -0.2) is 9.67 Å². The minimum Gasteiger partial charge on any atom is -0.492 e. The lowest BCUT2D eigenvalue weighted by Gasteiger charge is -2.26. The van der Waals surface area contributed by atoms with Crippen LogP contribution in [-0.4, -0.2) is 51.2 Å². The lowest BCUT2D eigenvalue weighted by molar-refractivity contribution is 0.122. The fraction of sp³-hybridized carbons (Fsp3) is 0.500. The van der Waals surface area contributed by atoms with Crippen LogP contribution in [0.3, 0.4) is 0 Å². The van der Waals surface area contributed by atoms with Gasteiger partial charge in [0.2, 0.25) is 11.8 Å². The molecule has 2 aromatic rings. The van der Waals surface area contributed by atoms with Crippen molar-refractivity contribution in [2.45, 2.75) is 0 Å². The third-order valence-corrected chi connectivity index (χ3v) is 2.96. The van der Waals surface area contributed by atoms with Gasteiger partial charge >= 0.3 is 0 Å². The van der Waals surface area contributed by atoms with E-state index in [1.807, 2.05) is 4.90 Å². The van der Waals surface area contributed by atoms with Crippen molar-refractivity contribution in [3.8, 4) is 5.88 Å². The van der Waals surface area contributed by atoms with Crippen molar-refractivity contribution in [3.63, 3.8) is 0 Å². The zero-order valence-corrected chi connectivity index (χ0v) is 10.00. The van der Waals surface area contributed by atoms with E-state index < -0.39 is 0 Å². The Morgan fingerprint density at radius 3 is 2.67 bits per heavy atom. The SMILES string of the molecule is Cn1nc2c(N)nc(N3CCOCC3)nc2c1O. The van der Waals surface area contributed by atoms with Gasteiger partial charge in [-0.3, -0.25) is 0 Å². The van der Waals surface area contributed by atoms with Crippen LogP contribution in [0, 0.1) is 0 Å². The van der Waals surface area contributed by atoms with Gasteiger partial charge < -0.3 is 20.5 Å². The highest BCUT2D eigenvalue weighted by Gasteiger charge is 2.19. The number of hydrogen-bond acceptors (Lipinski definition) is 7. The maximum absolute atomic E-state index is 9.86. The number of nitrogen functional groups attached to an aromatic ring is 1. The Morgan fingerprint density at radius 1 is 1.22 bits per heavy atom. The van der Waals surface area contributed by atoms with Gasteiger partial charge in [0.15, 0.2) is 16.9 Å². The second-order valence-corrected chi connectivity index (χ2v) is 4.15. The molecule has 2 aromatic heterocycles. The molecule has 0 amide bonds. The largest absolute Gasteiger partial charge is 0.492 e. The lowest BCUT2D eigenvalue weighted by Crippen LogP contribution is -2.37. The molecule has 0 spiro atoms. The van der Waals surface area contributed by atoms with Crippen LogP contribution in [-0.2, 0) is 11.8 Å². The zero-order valence-electron chi connectivity index (χ0n) is 10.00. The monoisotopic (exact) mass is 250 g/mol. The van der Waals surface area contributed by atoms with E-state index in [0.717, 1.165) is 0 Å². The number of anilines is 2. The summed E-state index contributed by atoms with van der Waals surface area (Å²) in [6, 6.07) is 0. The Kier molecular flexibility index (Phi) is 2.44. The number of aryl methyl sites for hydroxylation is 1. The quantitative estimate of drug-likeness (QED) is 0.702. The van der Waals surface area contributed by atoms with Gasteiger partial charge in [0.25, 0.3) is 0 Å². The molecule has 18 heavy (non-hydrogen) atoms. The lowest BCUT2D eigenvalue weighted by atomic mass is 10.4. The molecule has 0 radical (unpaired) electrons. The van der Waals surface area contributed by atoms with Crippen molar-refractivity contribution in [2.75, 3.05) is 36.9 Å². The molecule has 1 aliphatic rings. The first kappa shape index (κ1) is 11.0. The third-order valence-electron chi connectivity index (χ3n) is 2.96. The molecule has 0 bridgehead atoms. The fourth-order valence-electron chi connectivity index (χ4n) is 1.97. The number of morpholine rings is 1. The molecule has 3 N–H and O–H groups in total. The van der Waals surface area contributed by atoms with Gasteiger partial charge in [-0.05, 0) is 0 Å². The Balaban J connectivity index is 2.10. The minimum absolute atomic E-state index is 0.00592. The number of hydrogen-bond donors (Lipinski definition) is 2. The Bertz CT molecular complexity index is 590. The average molecular weight is 250 g/mol. The van der Waals surface area contributed by atoms with Gasteiger partial charge in [-0.2, -0.15) is 10.1 Å². The van der Waals surface area contributed by atoms with E-state index in [-0.39, 0.29) is 11.7 Å². The summed E-state index contributed by atoms with van der Waals surface area (Å²) in [7, 11) is 1.63. The summed E-state index contributed by atoms with van der Waals surface area (Å²) in [5, 5.41) is 13.9. The topological polar surface area (TPSA) is 102 Å². The zero-order chi connectivity index (χ0) is 12.7. The first-order valence-electron chi connectivity index (χ1n) is 5.68. The highest BCUT2D eigenvalue weighted by atomic mass is 16.5. The molecule has 1 fully saturated rings. The number of aromatic nitrogens is 4. The van der Waals surface area contributed by atoms with E-state index in [2.05, 4.69) is 15.1 Å². The number of aromatic hydroxyl groups is 1. The molecule has 96 valence electrons. The minimum atomic E-state index is -0.00592. The molecule has 0 atom stereocenters. The van der Waals surface area contributed by atoms with E-state index in [1.165, 1.54) is 4.68 Å². The molecule has 8 heteroatoms. The number of rotatable bonds is 1. The van der Waals surface area contributed by atoms with Crippen molar-refractivity contribution >= 4 is 22.8 Å². The Hall–Kier alpha value is -2.09. The molecule has 1 aliphatic heterocycles. The maximum Gasteiger partial charge on any atom is 0.236 e. The van der Waals surface area contributed by atoms with Crippen LogP contribution >= 0.6 is 0 Å². The van der Waals surface area contributed by atoms with Crippen LogP contribution < -0.4 is 10.6 Å². The summed E-state index contributed by atoms with van der Waals surface area (Å²) in [5.74, 6) is 0.776. The normalized spacial score (nSPS) is 16.4. The predicted octanol–water partition coefficient (Wildman–Crippen LogP) is -0.512. The molecule has 1 saturated heterocycles. The molecule has 0 aromatic carbocycles. The van der Waals surface area contributed by atoms with E-state index in [0.29, 0.717) is 43.3 Å². The van der Waals surface area contributed by atoms with Crippen molar-refractivity contribution in [1.82, 2.24) is 19.7 Å². The summed E-state index contributed by atoms with van der Waals surface area (Å²) in [6.45, 7) is 2.71. The molecule has 0 aliphatic carbocycles. The third kappa shape index (κ3) is 1.61.